The fourth-order valence-electron chi connectivity index (χ4n) is 3.85. The molecule has 1 aromatic carbocycles. The summed E-state index contributed by atoms with van der Waals surface area (Å²) in [5.74, 6) is 0.364. The van der Waals surface area contributed by atoms with E-state index in [9.17, 15) is 14.4 Å². The normalized spacial score (nSPS) is 14.4. The fourth-order valence-corrected chi connectivity index (χ4v) is 3.85. The van der Waals surface area contributed by atoms with Crippen molar-refractivity contribution in [2.24, 2.45) is 7.05 Å². The van der Waals surface area contributed by atoms with Gasteiger partial charge in [0, 0.05) is 31.8 Å². The first-order valence-electron chi connectivity index (χ1n) is 10.6. The number of unbranched alkanes of at least 4 members (excludes halogenated alkanes) is 7. The first kappa shape index (κ1) is 21.0. The number of anilines is 1. The molecule has 1 saturated heterocycles. The number of carbonyl (C=O) groups excluding carboxylic acids is 3. The van der Waals surface area contributed by atoms with Gasteiger partial charge in [-0.15, -0.1) is 0 Å². The van der Waals surface area contributed by atoms with Crippen LogP contribution in [0, 0.1) is 0 Å². The molecule has 3 amide bonds. The number of aryl methyl sites for hydroxylation is 2. The van der Waals surface area contributed by atoms with E-state index >= 15 is 0 Å². The number of imide groups is 1. The Morgan fingerprint density at radius 2 is 1.79 bits per heavy atom. The molecule has 1 aromatic heterocycles. The van der Waals surface area contributed by atoms with Crippen molar-refractivity contribution >= 4 is 34.9 Å². The Kier molecular flexibility index (Phi) is 7.38. The molecule has 0 unspecified atom stereocenters. The number of carbonyl (C=O) groups is 3. The van der Waals surface area contributed by atoms with Crippen LogP contribution in [0.25, 0.3) is 10.9 Å². The van der Waals surface area contributed by atoms with Crippen LogP contribution in [-0.4, -0.2) is 34.5 Å². The summed E-state index contributed by atoms with van der Waals surface area (Å²) in [5.41, 5.74) is 2.27. The van der Waals surface area contributed by atoms with Crippen LogP contribution in [0.15, 0.2) is 18.2 Å². The van der Waals surface area contributed by atoms with Gasteiger partial charge in [-0.1, -0.05) is 38.2 Å². The molecule has 1 N–H and O–H groups in total. The average Bonchev–Trinajstić information content (AvgIpc) is 3.03. The maximum atomic E-state index is 12.2. The molecule has 7 nitrogen and oxygen atoms in total. The Morgan fingerprint density at radius 3 is 2.52 bits per heavy atom. The second-order valence-electron chi connectivity index (χ2n) is 7.73. The zero-order valence-corrected chi connectivity index (χ0v) is 17.2. The summed E-state index contributed by atoms with van der Waals surface area (Å²) < 4.78 is 1.80. The highest BCUT2D eigenvalue weighted by Crippen LogP contribution is 2.28. The zero-order valence-electron chi connectivity index (χ0n) is 17.2. The highest BCUT2D eigenvalue weighted by atomic mass is 16.2. The van der Waals surface area contributed by atoms with Crippen molar-refractivity contribution in [1.82, 2.24) is 15.1 Å². The summed E-state index contributed by atoms with van der Waals surface area (Å²) in [6.45, 7) is 0.355. The molecule has 2 heterocycles. The smallest absolute Gasteiger partial charge is 0.303 e. The average molecular weight is 399 g/mol. The quantitative estimate of drug-likeness (QED) is 0.460. The van der Waals surface area contributed by atoms with Crippen LogP contribution in [0.1, 0.15) is 63.4 Å². The van der Waals surface area contributed by atoms with Crippen LogP contribution in [0.4, 0.5) is 10.6 Å². The molecule has 7 heteroatoms. The van der Waals surface area contributed by atoms with Gasteiger partial charge in [-0.05, 0) is 37.0 Å². The number of urea groups is 1. The van der Waals surface area contributed by atoms with Gasteiger partial charge in [-0.2, -0.15) is 5.10 Å². The minimum absolute atomic E-state index is 0.241. The Labute approximate surface area is 171 Å². The second kappa shape index (κ2) is 10.2. The predicted octanol–water partition coefficient (Wildman–Crippen LogP) is 3.88. The van der Waals surface area contributed by atoms with Crippen LogP contribution in [0.3, 0.4) is 0 Å². The van der Waals surface area contributed by atoms with E-state index in [1.54, 1.807) is 9.58 Å². The summed E-state index contributed by atoms with van der Waals surface area (Å²) in [4.78, 5) is 35.4. The van der Waals surface area contributed by atoms with E-state index in [0.717, 1.165) is 42.9 Å². The van der Waals surface area contributed by atoms with Crippen LogP contribution in [0.5, 0.6) is 0 Å². The molecule has 156 valence electrons. The van der Waals surface area contributed by atoms with E-state index in [4.69, 9.17) is 0 Å². The summed E-state index contributed by atoms with van der Waals surface area (Å²) in [6, 6.07) is 5.89. The summed E-state index contributed by atoms with van der Waals surface area (Å²) in [5, 5.41) is 7.81. The topological polar surface area (TPSA) is 84.3 Å². The van der Waals surface area contributed by atoms with Gasteiger partial charge in [0.15, 0.2) is 5.82 Å². The molecule has 3 rings (SSSR count). The van der Waals surface area contributed by atoms with Gasteiger partial charge in [-0.25, -0.2) is 4.79 Å². The predicted molar refractivity (Wildman–Crippen MR) is 113 cm³/mol. The molecule has 0 radical (unpaired) electrons. The number of hydrogen-bond acceptors (Lipinski definition) is 4. The Balaban J connectivity index is 1.53. The van der Waals surface area contributed by atoms with Crippen molar-refractivity contribution in [3.8, 4) is 0 Å². The lowest BCUT2D eigenvalue weighted by Gasteiger charge is -2.24. The number of hydrogen-bond donors (Lipinski definition) is 1. The van der Waals surface area contributed by atoms with E-state index in [0.29, 0.717) is 25.2 Å². The maximum absolute atomic E-state index is 12.2. The molecule has 0 aliphatic carbocycles. The maximum Gasteiger partial charge on any atom is 0.329 e. The highest BCUT2D eigenvalue weighted by Gasteiger charge is 2.27. The number of benzene rings is 1. The molecule has 2 aromatic rings. The third-order valence-corrected chi connectivity index (χ3v) is 5.49. The first-order valence-corrected chi connectivity index (χ1v) is 10.6. The summed E-state index contributed by atoms with van der Waals surface area (Å²) in [6.07, 6.45) is 11.2. The van der Waals surface area contributed by atoms with Crippen molar-refractivity contribution < 1.29 is 14.4 Å². The fraction of sp³-hybridized carbons (Fsp3) is 0.545. The number of aromatic nitrogens is 2. The number of amides is 3. The van der Waals surface area contributed by atoms with Gasteiger partial charge < -0.3 is 4.79 Å². The molecule has 0 spiro atoms. The molecular formula is C22H30N4O3. The van der Waals surface area contributed by atoms with E-state index in [2.05, 4.69) is 22.5 Å². The number of nitrogens with zero attached hydrogens (tertiary/aromatic N) is 3. The van der Waals surface area contributed by atoms with Gasteiger partial charge in [0.2, 0.25) is 5.91 Å². The Hall–Kier alpha value is -2.70. The van der Waals surface area contributed by atoms with Crippen molar-refractivity contribution in [3.63, 3.8) is 0 Å². The number of nitrogens with one attached hydrogen (secondary N) is 1. The van der Waals surface area contributed by atoms with Crippen molar-refractivity contribution in [1.29, 1.82) is 0 Å². The second-order valence-corrected chi connectivity index (χ2v) is 7.73. The van der Waals surface area contributed by atoms with Gasteiger partial charge in [0.1, 0.15) is 6.29 Å². The van der Waals surface area contributed by atoms with Crippen LogP contribution in [-0.2, 0) is 23.1 Å². The van der Waals surface area contributed by atoms with Crippen LogP contribution in [0.2, 0.25) is 0 Å². The SMILES string of the molecule is Cn1nc(N2CCC(=O)NC2=O)c2ccc(CCCCCCCCCC=O)cc21. The lowest BCUT2D eigenvalue weighted by molar-refractivity contribution is -0.120. The van der Waals surface area contributed by atoms with E-state index in [-0.39, 0.29) is 5.91 Å². The minimum atomic E-state index is -0.406. The Bertz CT molecular complexity index is 874. The van der Waals surface area contributed by atoms with E-state index in [1.165, 1.54) is 31.2 Å². The number of aldehydes is 1. The van der Waals surface area contributed by atoms with Crippen molar-refractivity contribution in [2.75, 3.05) is 11.4 Å². The standard InChI is InChI=1S/C22H30N4O3/c1-25-19-16-17(10-8-6-4-2-3-5-7-9-15-27)11-12-18(19)21(24-25)26-14-13-20(28)23-22(26)29/h11-12,15-16H,2-10,13-14H2,1H3,(H,23,28,29). The van der Waals surface area contributed by atoms with Crippen LogP contribution >= 0.6 is 0 Å². The molecular weight excluding hydrogens is 368 g/mol. The number of fused-ring (bicyclic) bond motifs is 1. The molecule has 1 aliphatic heterocycles. The van der Waals surface area contributed by atoms with Gasteiger partial charge in [0.25, 0.3) is 0 Å². The molecule has 29 heavy (non-hydrogen) atoms. The first-order chi connectivity index (χ1) is 14.1. The van der Waals surface area contributed by atoms with E-state index < -0.39 is 6.03 Å². The minimum Gasteiger partial charge on any atom is -0.303 e. The molecule has 0 atom stereocenters. The van der Waals surface area contributed by atoms with Crippen molar-refractivity contribution in [2.45, 2.75) is 64.2 Å². The lowest BCUT2D eigenvalue weighted by Crippen LogP contribution is -2.49. The van der Waals surface area contributed by atoms with Gasteiger partial charge in [-0.3, -0.25) is 19.7 Å². The van der Waals surface area contributed by atoms with Crippen LogP contribution < -0.4 is 10.2 Å². The summed E-state index contributed by atoms with van der Waals surface area (Å²) in [7, 11) is 1.88. The van der Waals surface area contributed by atoms with Gasteiger partial charge >= 0.3 is 6.03 Å². The van der Waals surface area contributed by atoms with Crippen molar-refractivity contribution in [3.05, 3.63) is 23.8 Å². The third-order valence-electron chi connectivity index (χ3n) is 5.49. The van der Waals surface area contributed by atoms with Gasteiger partial charge in [0.05, 0.1) is 5.52 Å². The van der Waals surface area contributed by atoms with E-state index in [1.807, 2.05) is 13.1 Å². The highest BCUT2D eigenvalue weighted by molar-refractivity contribution is 6.08. The zero-order chi connectivity index (χ0) is 20.6. The molecule has 0 bridgehead atoms. The molecule has 1 fully saturated rings. The number of rotatable bonds is 11. The largest absolute Gasteiger partial charge is 0.329 e. The summed E-state index contributed by atoms with van der Waals surface area (Å²) >= 11 is 0. The lowest BCUT2D eigenvalue weighted by atomic mass is 10.0. The monoisotopic (exact) mass is 398 g/mol. The molecule has 0 saturated carbocycles. The molecule has 1 aliphatic rings. The third kappa shape index (κ3) is 5.43. The Morgan fingerprint density at radius 1 is 1.07 bits per heavy atom.